The lowest BCUT2D eigenvalue weighted by molar-refractivity contribution is -0.247. The Labute approximate surface area is 145 Å². The predicted molar refractivity (Wildman–Crippen MR) is 91.8 cm³/mol. The molecule has 1 unspecified atom stereocenters. The van der Waals surface area contributed by atoms with Crippen molar-refractivity contribution in [1.82, 2.24) is 4.90 Å². The second-order valence-electron chi connectivity index (χ2n) is 6.89. The molecular formula is C17H31NO4S. The van der Waals surface area contributed by atoms with Gasteiger partial charge in [0.1, 0.15) is 18.3 Å². The van der Waals surface area contributed by atoms with Gasteiger partial charge in [-0.25, -0.2) is 0 Å². The molecule has 3 aliphatic rings. The van der Waals surface area contributed by atoms with E-state index < -0.39 is 5.79 Å². The summed E-state index contributed by atoms with van der Waals surface area (Å²) in [7, 11) is 1.73. The fourth-order valence-electron chi connectivity index (χ4n) is 4.11. The van der Waals surface area contributed by atoms with E-state index in [1.54, 1.807) is 7.11 Å². The summed E-state index contributed by atoms with van der Waals surface area (Å²) in [4.78, 5) is 2.35. The van der Waals surface area contributed by atoms with Gasteiger partial charge in [0.05, 0.1) is 0 Å². The van der Waals surface area contributed by atoms with Crippen LogP contribution in [0.2, 0.25) is 0 Å². The van der Waals surface area contributed by atoms with Crippen molar-refractivity contribution in [3.05, 3.63) is 0 Å². The minimum atomic E-state index is -0.430. The molecule has 0 aromatic heterocycles. The van der Waals surface area contributed by atoms with Gasteiger partial charge in [-0.15, -0.1) is 0 Å². The average Bonchev–Trinajstić information content (AvgIpc) is 3.06. The maximum Gasteiger partial charge on any atom is 0.190 e. The number of rotatable bonds is 6. The maximum absolute atomic E-state index is 6.34. The molecule has 0 bridgehead atoms. The molecule has 2 saturated heterocycles. The highest BCUT2D eigenvalue weighted by Crippen LogP contribution is 2.46. The van der Waals surface area contributed by atoms with Crippen LogP contribution < -0.4 is 0 Å². The molecule has 0 aromatic rings. The van der Waals surface area contributed by atoms with Gasteiger partial charge in [0.2, 0.25) is 0 Å². The van der Waals surface area contributed by atoms with Crippen molar-refractivity contribution in [2.45, 2.75) is 81.6 Å². The van der Waals surface area contributed by atoms with E-state index in [2.05, 4.69) is 18.7 Å². The molecule has 1 aliphatic carbocycles. The molecule has 23 heavy (non-hydrogen) atoms. The smallest absolute Gasteiger partial charge is 0.190 e. The van der Waals surface area contributed by atoms with E-state index in [1.807, 2.05) is 0 Å². The Kier molecular flexibility index (Phi) is 5.92. The summed E-state index contributed by atoms with van der Waals surface area (Å²) in [6.07, 6.45) is 4.88. The number of nitrogens with zero attached hydrogens (tertiary/aromatic N) is 1. The standard InChI is InChI=1S/C17H31NO4S/c1-4-18(5-2)11-12(23)13-14(19-3)15-16(20-13)22-17(21-15)9-7-6-8-10-17/h12-16,23H,4-11H2,1-3H3/t12?,13-,14+,15-,16-/m1/s1. The highest BCUT2D eigenvalue weighted by Gasteiger charge is 2.59. The zero-order valence-corrected chi connectivity index (χ0v) is 15.5. The zero-order valence-electron chi connectivity index (χ0n) is 14.6. The largest absolute Gasteiger partial charge is 0.376 e. The number of methoxy groups -OCH3 is 1. The van der Waals surface area contributed by atoms with Crippen molar-refractivity contribution in [3.63, 3.8) is 0 Å². The van der Waals surface area contributed by atoms with Gasteiger partial charge < -0.3 is 23.8 Å². The maximum atomic E-state index is 6.34. The van der Waals surface area contributed by atoms with Crippen LogP contribution in [0.15, 0.2) is 0 Å². The van der Waals surface area contributed by atoms with Crippen LogP contribution in [-0.4, -0.2) is 67.3 Å². The van der Waals surface area contributed by atoms with Gasteiger partial charge >= 0.3 is 0 Å². The fraction of sp³-hybridized carbons (Fsp3) is 1.00. The molecule has 2 heterocycles. The third-order valence-electron chi connectivity index (χ3n) is 5.50. The van der Waals surface area contributed by atoms with E-state index in [0.29, 0.717) is 0 Å². The minimum Gasteiger partial charge on any atom is -0.376 e. The summed E-state index contributed by atoms with van der Waals surface area (Å²) in [6, 6.07) is 0. The van der Waals surface area contributed by atoms with Crippen LogP contribution in [0.25, 0.3) is 0 Å². The van der Waals surface area contributed by atoms with E-state index in [1.165, 1.54) is 6.42 Å². The van der Waals surface area contributed by atoms with Gasteiger partial charge in [0, 0.05) is 31.7 Å². The lowest BCUT2D eigenvalue weighted by atomic mass is 9.94. The van der Waals surface area contributed by atoms with Crippen LogP contribution in [-0.2, 0) is 18.9 Å². The summed E-state index contributed by atoms with van der Waals surface area (Å²) >= 11 is 4.79. The van der Waals surface area contributed by atoms with Crippen molar-refractivity contribution < 1.29 is 18.9 Å². The Bertz CT molecular complexity index is 387. The molecule has 0 N–H and O–H groups in total. The number of fused-ring (bicyclic) bond motifs is 1. The van der Waals surface area contributed by atoms with Crippen molar-refractivity contribution in [3.8, 4) is 0 Å². The summed E-state index contributed by atoms with van der Waals surface area (Å²) in [5.41, 5.74) is 0. The highest BCUT2D eigenvalue weighted by atomic mass is 32.1. The van der Waals surface area contributed by atoms with Gasteiger partial charge in [-0.05, 0) is 25.9 Å². The third-order valence-corrected chi connectivity index (χ3v) is 5.95. The van der Waals surface area contributed by atoms with E-state index >= 15 is 0 Å². The Morgan fingerprint density at radius 2 is 1.87 bits per heavy atom. The van der Waals surface area contributed by atoms with Crippen LogP contribution in [0.5, 0.6) is 0 Å². The highest BCUT2D eigenvalue weighted by molar-refractivity contribution is 7.81. The summed E-state index contributed by atoms with van der Waals surface area (Å²) in [5, 5.41) is 0.0833. The van der Waals surface area contributed by atoms with E-state index in [0.717, 1.165) is 45.3 Å². The molecule has 134 valence electrons. The van der Waals surface area contributed by atoms with Crippen molar-refractivity contribution >= 4 is 12.6 Å². The summed E-state index contributed by atoms with van der Waals surface area (Å²) < 4.78 is 24.5. The fourth-order valence-corrected chi connectivity index (χ4v) is 4.58. The van der Waals surface area contributed by atoms with E-state index in [-0.39, 0.29) is 29.9 Å². The lowest BCUT2D eigenvalue weighted by Gasteiger charge is -2.35. The van der Waals surface area contributed by atoms with Crippen LogP contribution in [0, 0.1) is 0 Å². The van der Waals surface area contributed by atoms with Crippen molar-refractivity contribution in [2.24, 2.45) is 0 Å². The van der Waals surface area contributed by atoms with Crippen molar-refractivity contribution in [1.29, 1.82) is 0 Å². The molecule has 5 atom stereocenters. The Balaban J connectivity index is 1.64. The van der Waals surface area contributed by atoms with Gasteiger partial charge in [-0.3, -0.25) is 0 Å². The molecule has 0 aromatic carbocycles. The zero-order chi connectivity index (χ0) is 16.4. The van der Waals surface area contributed by atoms with Crippen molar-refractivity contribution in [2.75, 3.05) is 26.7 Å². The molecule has 3 fully saturated rings. The first-order chi connectivity index (χ1) is 11.1. The number of hydrogen-bond donors (Lipinski definition) is 1. The normalized spacial score (nSPS) is 37.4. The molecule has 0 amide bonds. The monoisotopic (exact) mass is 345 g/mol. The second-order valence-corrected chi connectivity index (χ2v) is 7.56. The number of thiol groups is 1. The Morgan fingerprint density at radius 3 is 2.48 bits per heavy atom. The molecular weight excluding hydrogens is 314 g/mol. The first-order valence-electron chi connectivity index (χ1n) is 9.06. The first-order valence-corrected chi connectivity index (χ1v) is 9.58. The topological polar surface area (TPSA) is 40.2 Å². The second kappa shape index (κ2) is 7.58. The third kappa shape index (κ3) is 3.58. The van der Waals surface area contributed by atoms with Crippen LogP contribution in [0.4, 0.5) is 0 Å². The molecule has 1 saturated carbocycles. The minimum absolute atomic E-state index is 0.0833. The number of ether oxygens (including phenoxy) is 4. The predicted octanol–water partition coefficient (Wildman–Crippen LogP) is 2.44. The number of hydrogen-bond acceptors (Lipinski definition) is 6. The first kappa shape index (κ1) is 18.0. The quantitative estimate of drug-likeness (QED) is 0.749. The molecule has 5 nitrogen and oxygen atoms in total. The van der Waals surface area contributed by atoms with Gasteiger partial charge in [0.15, 0.2) is 12.1 Å². The lowest BCUT2D eigenvalue weighted by Crippen LogP contribution is -2.45. The van der Waals surface area contributed by atoms with Crippen LogP contribution >= 0.6 is 12.6 Å². The molecule has 1 spiro atoms. The molecule has 0 radical (unpaired) electrons. The Hall–Kier alpha value is 0.150. The molecule has 2 aliphatic heterocycles. The van der Waals surface area contributed by atoms with Gasteiger partial charge in [-0.1, -0.05) is 20.3 Å². The van der Waals surface area contributed by atoms with E-state index in [4.69, 9.17) is 31.6 Å². The van der Waals surface area contributed by atoms with Crippen LogP contribution in [0.3, 0.4) is 0 Å². The summed E-state index contributed by atoms with van der Waals surface area (Å²) in [6.45, 7) is 7.25. The van der Waals surface area contributed by atoms with Gasteiger partial charge in [0.25, 0.3) is 0 Å². The van der Waals surface area contributed by atoms with Gasteiger partial charge in [-0.2, -0.15) is 12.6 Å². The van der Waals surface area contributed by atoms with E-state index in [9.17, 15) is 0 Å². The SMILES string of the molecule is CCN(CC)CC(S)[C@H]1O[C@@H]2OC3(CCCCC3)O[C@@H]2[C@H]1OC. The average molecular weight is 346 g/mol. The molecule has 3 rings (SSSR count). The Morgan fingerprint density at radius 1 is 1.17 bits per heavy atom. The van der Waals surface area contributed by atoms with Crippen LogP contribution in [0.1, 0.15) is 46.0 Å². The summed E-state index contributed by atoms with van der Waals surface area (Å²) in [5.74, 6) is -0.430. The molecule has 6 heteroatoms.